The van der Waals surface area contributed by atoms with Crippen LogP contribution in [0.3, 0.4) is 0 Å². The maximum atomic E-state index is 15.3. The van der Waals surface area contributed by atoms with Crippen LogP contribution in [-0.2, 0) is 0 Å². The summed E-state index contributed by atoms with van der Waals surface area (Å²) in [6.07, 6.45) is 7.49. The van der Waals surface area contributed by atoms with Gasteiger partial charge in [-0.2, -0.15) is 10.1 Å². The summed E-state index contributed by atoms with van der Waals surface area (Å²) in [4.78, 5) is 10.7. The van der Waals surface area contributed by atoms with Crippen molar-refractivity contribution < 1.29 is 13.5 Å². The molecule has 1 fully saturated rings. The summed E-state index contributed by atoms with van der Waals surface area (Å²) in [7, 11) is 3.95. The highest BCUT2D eigenvalue weighted by Crippen LogP contribution is 2.41. The van der Waals surface area contributed by atoms with Gasteiger partial charge in [0.1, 0.15) is 23.7 Å². The minimum absolute atomic E-state index is 0.0661. The zero-order valence-electron chi connectivity index (χ0n) is 18.4. The van der Waals surface area contributed by atoms with E-state index >= 15 is 8.78 Å². The van der Waals surface area contributed by atoms with Gasteiger partial charge in [0, 0.05) is 30.2 Å². The van der Waals surface area contributed by atoms with E-state index in [1.54, 1.807) is 11.4 Å². The maximum absolute atomic E-state index is 15.3. The minimum atomic E-state index is -0.649. The molecule has 0 unspecified atom stereocenters. The molecule has 6 nitrogen and oxygen atoms in total. The number of hydrogen-bond acceptors (Lipinski definition) is 5. The molecule has 0 saturated heterocycles. The van der Waals surface area contributed by atoms with Crippen LogP contribution in [-0.4, -0.2) is 51.7 Å². The number of halogens is 2. The minimum Gasteiger partial charge on any atom is -0.493 e. The van der Waals surface area contributed by atoms with Crippen molar-refractivity contribution in [3.05, 3.63) is 41.5 Å². The Morgan fingerprint density at radius 3 is 2.48 bits per heavy atom. The fourth-order valence-electron chi connectivity index (χ4n) is 4.48. The lowest BCUT2D eigenvalue weighted by atomic mass is 9.83. The topological polar surface area (TPSA) is 55.6 Å². The third kappa shape index (κ3) is 4.54. The molecule has 1 aromatic carbocycles. The van der Waals surface area contributed by atoms with Crippen molar-refractivity contribution in [2.45, 2.75) is 51.4 Å². The molecule has 0 aliphatic heterocycles. The smallest absolute Gasteiger partial charge is 0.252 e. The molecule has 2 heterocycles. The molecule has 8 heteroatoms. The molecule has 31 heavy (non-hydrogen) atoms. The Kier molecular flexibility index (Phi) is 6.46. The lowest BCUT2D eigenvalue weighted by Crippen LogP contribution is -2.16. The largest absolute Gasteiger partial charge is 0.493 e. The Labute approximate surface area is 181 Å². The summed E-state index contributed by atoms with van der Waals surface area (Å²) < 4.78 is 37.8. The summed E-state index contributed by atoms with van der Waals surface area (Å²) in [6.45, 7) is 3.02. The van der Waals surface area contributed by atoms with Crippen molar-refractivity contribution >= 4 is 5.78 Å². The van der Waals surface area contributed by atoms with E-state index < -0.39 is 11.6 Å². The molecule has 1 aliphatic carbocycles. The van der Waals surface area contributed by atoms with Crippen LogP contribution in [0.2, 0.25) is 0 Å². The highest BCUT2D eigenvalue weighted by Gasteiger charge is 2.28. The van der Waals surface area contributed by atoms with Crippen LogP contribution in [0, 0.1) is 18.6 Å². The number of rotatable bonds is 7. The van der Waals surface area contributed by atoms with E-state index in [-0.39, 0.29) is 17.2 Å². The van der Waals surface area contributed by atoms with Crippen molar-refractivity contribution in [1.82, 2.24) is 24.5 Å². The summed E-state index contributed by atoms with van der Waals surface area (Å²) >= 11 is 0. The number of fused-ring (bicyclic) bond motifs is 1. The van der Waals surface area contributed by atoms with Gasteiger partial charge in [0.15, 0.2) is 0 Å². The molecule has 0 bridgehead atoms. The third-order valence-electron chi connectivity index (χ3n) is 5.92. The molecular formula is C23H29F2N5O. The number of benzene rings is 1. The summed E-state index contributed by atoms with van der Waals surface area (Å²) in [5, 5.41) is 4.33. The van der Waals surface area contributed by atoms with E-state index in [0.717, 1.165) is 44.3 Å². The van der Waals surface area contributed by atoms with Crippen LogP contribution in [0.25, 0.3) is 16.9 Å². The normalized spacial score (nSPS) is 15.2. The van der Waals surface area contributed by atoms with Crippen LogP contribution in [0.15, 0.2) is 18.5 Å². The van der Waals surface area contributed by atoms with Crippen molar-refractivity contribution in [2.24, 2.45) is 0 Å². The van der Waals surface area contributed by atoms with Crippen LogP contribution in [0.1, 0.15) is 55.8 Å². The van der Waals surface area contributed by atoms with Crippen LogP contribution in [0.5, 0.6) is 5.75 Å². The monoisotopic (exact) mass is 429 g/mol. The molecule has 166 valence electrons. The first-order valence-electron chi connectivity index (χ1n) is 10.9. The first-order valence-corrected chi connectivity index (χ1v) is 10.9. The van der Waals surface area contributed by atoms with E-state index in [1.807, 2.05) is 19.0 Å². The molecule has 1 saturated carbocycles. The van der Waals surface area contributed by atoms with E-state index in [9.17, 15) is 0 Å². The Morgan fingerprint density at radius 2 is 1.81 bits per heavy atom. The number of aromatic nitrogens is 4. The van der Waals surface area contributed by atoms with E-state index in [2.05, 4.69) is 15.1 Å². The van der Waals surface area contributed by atoms with E-state index in [0.29, 0.717) is 23.6 Å². The Balaban J connectivity index is 1.75. The fourth-order valence-corrected chi connectivity index (χ4v) is 4.48. The lowest BCUT2D eigenvalue weighted by Gasteiger charge is -2.26. The van der Waals surface area contributed by atoms with Crippen molar-refractivity contribution in [3.63, 3.8) is 0 Å². The van der Waals surface area contributed by atoms with Gasteiger partial charge in [-0.15, -0.1) is 0 Å². The van der Waals surface area contributed by atoms with Gasteiger partial charge in [-0.05, 0) is 40.3 Å². The second kappa shape index (κ2) is 9.26. The number of aryl methyl sites for hydroxylation is 1. The Hall–Kier alpha value is -2.61. The quantitative estimate of drug-likeness (QED) is 0.507. The van der Waals surface area contributed by atoms with Gasteiger partial charge in [0.25, 0.3) is 5.78 Å². The zero-order valence-corrected chi connectivity index (χ0v) is 18.4. The van der Waals surface area contributed by atoms with Gasteiger partial charge >= 0.3 is 0 Å². The van der Waals surface area contributed by atoms with Crippen LogP contribution >= 0.6 is 0 Å². The van der Waals surface area contributed by atoms with Crippen molar-refractivity contribution in [2.75, 3.05) is 27.2 Å². The summed E-state index contributed by atoms with van der Waals surface area (Å²) in [5.41, 5.74) is 1.78. The summed E-state index contributed by atoms with van der Waals surface area (Å²) in [5.74, 6) is -0.476. The standard InChI is InChI=1S/C23H29F2N5O/c1-15-20(21-18(24)12-17(13-19(21)25)31-11-7-10-29(2)3)22(16-8-5-4-6-9-16)30-23(28-15)26-14-27-30/h12-14,16H,4-11H2,1-3H3. The number of nitrogens with zero attached hydrogens (tertiary/aromatic N) is 5. The van der Waals surface area contributed by atoms with Gasteiger partial charge in [-0.1, -0.05) is 19.3 Å². The molecule has 0 atom stereocenters. The molecule has 0 N–H and O–H groups in total. The molecule has 0 radical (unpaired) electrons. The van der Waals surface area contributed by atoms with Gasteiger partial charge < -0.3 is 9.64 Å². The molecule has 1 aliphatic rings. The molecule has 2 aromatic heterocycles. The van der Waals surface area contributed by atoms with E-state index in [1.165, 1.54) is 24.9 Å². The van der Waals surface area contributed by atoms with Crippen LogP contribution < -0.4 is 4.74 Å². The van der Waals surface area contributed by atoms with Crippen molar-refractivity contribution in [1.29, 1.82) is 0 Å². The molecule has 0 spiro atoms. The maximum Gasteiger partial charge on any atom is 0.252 e. The Morgan fingerprint density at radius 1 is 1.10 bits per heavy atom. The van der Waals surface area contributed by atoms with Crippen molar-refractivity contribution in [3.8, 4) is 16.9 Å². The van der Waals surface area contributed by atoms with E-state index in [4.69, 9.17) is 4.74 Å². The van der Waals surface area contributed by atoms with Gasteiger partial charge in [-0.25, -0.2) is 18.3 Å². The first-order chi connectivity index (χ1) is 15.0. The number of ether oxygens (including phenoxy) is 1. The average Bonchev–Trinajstić information content (AvgIpc) is 3.19. The second-order valence-electron chi connectivity index (χ2n) is 8.53. The molecular weight excluding hydrogens is 400 g/mol. The first kappa shape index (κ1) is 21.6. The molecule has 4 rings (SSSR count). The summed E-state index contributed by atoms with van der Waals surface area (Å²) in [6, 6.07) is 2.54. The lowest BCUT2D eigenvalue weighted by molar-refractivity contribution is 0.279. The third-order valence-corrected chi connectivity index (χ3v) is 5.92. The fraction of sp³-hybridized carbons (Fsp3) is 0.522. The predicted octanol–water partition coefficient (Wildman–Crippen LogP) is 4.76. The second-order valence-corrected chi connectivity index (χ2v) is 8.53. The predicted molar refractivity (Wildman–Crippen MR) is 115 cm³/mol. The van der Waals surface area contributed by atoms with Gasteiger partial charge in [0.05, 0.1) is 23.6 Å². The molecule has 3 aromatic rings. The highest BCUT2D eigenvalue weighted by atomic mass is 19.1. The molecule has 0 amide bonds. The van der Waals surface area contributed by atoms with Crippen LogP contribution in [0.4, 0.5) is 8.78 Å². The number of hydrogen-bond donors (Lipinski definition) is 0. The average molecular weight is 430 g/mol. The van der Waals surface area contributed by atoms with Gasteiger partial charge in [-0.3, -0.25) is 0 Å². The zero-order chi connectivity index (χ0) is 22.0. The van der Waals surface area contributed by atoms with Gasteiger partial charge in [0.2, 0.25) is 0 Å². The SMILES string of the molecule is Cc1nc2ncnn2c(C2CCCCC2)c1-c1c(F)cc(OCCCN(C)C)cc1F. The highest BCUT2D eigenvalue weighted by molar-refractivity contribution is 5.72. The Bertz CT molecular complexity index is 1040.